The third-order valence-corrected chi connectivity index (χ3v) is 5.23. The van der Waals surface area contributed by atoms with Crippen LogP contribution in [0.2, 0.25) is 0 Å². The molecule has 4 rings (SSSR count). The molecule has 0 atom stereocenters. The van der Waals surface area contributed by atoms with Crippen molar-refractivity contribution in [3.05, 3.63) is 53.6 Å². The van der Waals surface area contributed by atoms with Crippen molar-refractivity contribution < 1.29 is 19.0 Å². The summed E-state index contributed by atoms with van der Waals surface area (Å²) in [7, 11) is 0. The van der Waals surface area contributed by atoms with E-state index in [-0.39, 0.29) is 0 Å². The van der Waals surface area contributed by atoms with Crippen molar-refractivity contribution >= 4 is 17.9 Å². The quantitative estimate of drug-likeness (QED) is 0.636. The molecule has 1 aliphatic rings. The number of nitrogens with zero attached hydrogens (tertiary/aromatic N) is 3. The summed E-state index contributed by atoms with van der Waals surface area (Å²) in [4.78, 5) is 7.31. The van der Waals surface area contributed by atoms with Gasteiger partial charge >= 0.3 is 0 Å². The van der Waals surface area contributed by atoms with Crippen LogP contribution in [-0.2, 0) is 6.67 Å². The number of nitrogens with one attached hydrogen (secondary N) is 2. The largest absolute Gasteiger partial charge is 0.493 e. The van der Waals surface area contributed by atoms with Crippen LogP contribution in [0.1, 0.15) is 6.92 Å². The lowest BCUT2D eigenvalue weighted by atomic mass is 10.2. The maximum atomic E-state index is 5.78. The summed E-state index contributed by atoms with van der Waals surface area (Å²) in [5.41, 5.74) is 2.08. The molecule has 0 bridgehead atoms. The standard InChI is InChI=1S/C20H23N5O2S/c1-2-26-18-6-4-3-5-17(18)19-22-25(20(28)27-19)15-23-11-13-24(14-12-23)16-7-9-21-10-8-16/h3-10H,2,11-15H2,1H3/p+2. The summed E-state index contributed by atoms with van der Waals surface area (Å²) in [6.07, 6.45) is 3.93. The first kappa shape index (κ1) is 18.6. The Balaban J connectivity index is 1.44. The molecule has 0 unspecified atom stereocenters. The monoisotopic (exact) mass is 399 g/mol. The van der Waals surface area contributed by atoms with Crippen molar-refractivity contribution in [2.45, 2.75) is 13.6 Å². The smallest absolute Gasteiger partial charge is 0.292 e. The molecule has 0 saturated carbocycles. The number of rotatable bonds is 6. The van der Waals surface area contributed by atoms with Gasteiger partial charge in [-0.3, -0.25) is 0 Å². The molecule has 1 aliphatic heterocycles. The molecule has 2 N–H and O–H groups in total. The Morgan fingerprint density at radius 1 is 1.18 bits per heavy atom. The van der Waals surface area contributed by atoms with Gasteiger partial charge in [0.1, 0.15) is 5.75 Å². The van der Waals surface area contributed by atoms with Gasteiger partial charge in [0.15, 0.2) is 19.1 Å². The third kappa shape index (κ3) is 4.07. The molecule has 0 amide bonds. The van der Waals surface area contributed by atoms with E-state index in [1.807, 2.05) is 43.6 Å². The minimum atomic E-state index is 0.398. The number of quaternary nitrogens is 1. The number of aromatic amines is 1. The zero-order chi connectivity index (χ0) is 19.3. The predicted molar refractivity (Wildman–Crippen MR) is 108 cm³/mol. The van der Waals surface area contributed by atoms with E-state index in [1.54, 1.807) is 4.68 Å². The van der Waals surface area contributed by atoms with Crippen LogP contribution in [0.15, 0.2) is 53.2 Å². The molecule has 3 aromatic rings. The van der Waals surface area contributed by atoms with E-state index in [4.69, 9.17) is 21.4 Å². The first-order valence-electron chi connectivity index (χ1n) is 9.59. The number of para-hydroxylation sites is 1. The van der Waals surface area contributed by atoms with Crippen LogP contribution < -0.4 is 19.5 Å². The van der Waals surface area contributed by atoms with Gasteiger partial charge in [0.25, 0.3) is 10.7 Å². The van der Waals surface area contributed by atoms with Gasteiger partial charge in [0, 0.05) is 17.8 Å². The number of piperazine rings is 1. The molecule has 2 aromatic heterocycles. The van der Waals surface area contributed by atoms with Crippen molar-refractivity contribution in [2.75, 3.05) is 37.7 Å². The van der Waals surface area contributed by atoms with Crippen LogP contribution in [0.4, 0.5) is 5.69 Å². The van der Waals surface area contributed by atoms with E-state index in [1.165, 1.54) is 10.6 Å². The lowest BCUT2D eigenvalue weighted by Crippen LogP contribution is -3.14. The van der Waals surface area contributed by atoms with Crippen molar-refractivity contribution in [2.24, 2.45) is 0 Å². The number of aromatic nitrogens is 3. The number of pyridine rings is 1. The number of benzene rings is 1. The highest BCUT2D eigenvalue weighted by atomic mass is 32.1. The van der Waals surface area contributed by atoms with E-state index in [9.17, 15) is 0 Å². The third-order valence-electron chi connectivity index (χ3n) is 4.93. The van der Waals surface area contributed by atoms with E-state index in [0.717, 1.165) is 37.5 Å². The zero-order valence-corrected chi connectivity index (χ0v) is 16.7. The van der Waals surface area contributed by atoms with Crippen LogP contribution >= 0.6 is 12.2 Å². The number of hydrogen-bond donors (Lipinski definition) is 1. The average Bonchev–Trinajstić information content (AvgIpc) is 3.10. The fourth-order valence-corrected chi connectivity index (χ4v) is 3.66. The molecule has 1 aromatic carbocycles. The van der Waals surface area contributed by atoms with Gasteiger partial charge < -0.3 is 19.0 Å². The van der Waals surface area contributed by atoms with Gasteiger partial charge in [-0.05, 0) is 31.3 Å². The van der Waals surface area contributed by atoms with Gasteiger partial charge in [0.2, 0.25) is 0 Å². The van der Waals surface area contributed by atoms with Crippen molar-refractivity contribution in [1.29, 1.82) is 0 Å². The molecule has 146 valence electrons. The second-order valence-electron chi connectivity index (χ2n) is 6.76. The van der Waals surface area contributed by atoms with Crippen molar-refractivity contribution in [3.63, 3.8) is 0 Å². The van der Waals surface area contributed by atoms with Gasteiger partial charge in [-0.15, -0.1) is 5.10 Å². The van der Waals surface area contributed by atoms with Crippen LogP contribution in [0, 0.1) is 4.84 Å². The summed E-state index contributed by atoms with van der Waals surface area (Å²) >= 11 is 5.41. The number of hydrogen-bond acceptors (Lipinski definition) is 5. The zero-order valence-electron chi connectivity index (χ0n) is 15.9. The van der Waals surface area contributed by atoms with Crippen LogP contribution in [0.3, 0.4) is 0 Å². The number of ether oxygens (including phenoxy) is 1. The maximum Gasteiger partial charge on any atom is 0.292 e. The molecular weight excluding hydrogens is 374 g/mol. The van der Waals surface area contributed by atoms with E-state index < -0.39 is 0 Å². The minimum Gasteiger partial charge on any atom is -0.493 e. The Bertz CT molecular complexity index is 964. The molecule has 1 fully saturated rings. The summed E-state index contributed by atoms with van der Waals surface area (Å²) in [6.45, 7) is 7.31. The fraction of sp³-hybridized carbons (Fsp3) is 0.350. The Hall–Kier alpha value is -2.71. The highest BCUT2D eigenvalue weighted by Gasteiger charge is 2.22. The predicted octanol–water partition coefficient (Wildman–Crippen LogP) is 1.45. The summed E-state index contributed by atoms with van der Waals surface area (Å²) < 4.78 is 13.3. The lowest BCUT2D eigenvalue weighted by molar-refractivity contribution is -0.924. The summed E-state index contributed by atoms with van der Waals surface area (Å²) in [5, 5.41) is 4.62. The molecule has 28 heavy (non-hydrogen) atoms. The molecule has 7 nitrogen and oxygen atoms in total. The first-order valence-corrected chi connectivity index (χ1v) is 10.00. The Kier molecular flexibility index (Phi) is 5.68. The first-order chi connectivity index (χ1) is 13.7. The molecule has 0 aliphatic carbocycles. The molecular formula is C20H25N5O2S+2. The topological polar surface area (TPSA) is 62.0 Å². The minimum absolute atomic E-state index is 0.398. The van der Waals surface area contributed by atoms with Crippen LogP contribution in [-0.4, -0.2) is 42.6 Å². The molecule has 1 saturated heterocycles. The second kappa shape index (κ2) is 8.53. The van der Waals surface area contributed by atoms with Crippen LogP contribution in [0.25, 0.3) is 11.5 Å². The number of anilines is 1. The second-order valence-corrected chi connectivity index (χ2v) is 7.10. The van der Waals surface area contributed by atoms with E-state index in [2.05, 4.69) is 27.1 Å². The molecule has 0 radical (unpaired) electrons. The van der Waals surface area contributed by atoms with Gasteiger partial charge in [-0.2, -0.15) is 4.68 Å². The van der Waals surface area contributed by atoms with Crippen LogP contribution in [0.5, 0.6) is 5.75 Å². The SMILES string of the molecule is CCOc1ccccc1-c1nn(C[NH+]2CCN(c3cc[nH+]cc3)CC2)c(=S)o1. The van der Waals surface area contributed by atoms with Gasteiger partial charge in [0.05, 0.1) is 38.3 Å². The summed E-state index contributed by atoms with van der Waals surface area (Å²) in [5.74, 6) is 1.27. The average molecular weight is 400 g/mol. The number of H-pyrrole nitrogens is 1. The molecule has 0 spiro atoms. The maximum absolute atomic E-state index is 5.78. The Labute approximate surface area is 169 Å². The van der Waals surface area contributed by atoms with Gasteiger partial charge in [-0.1, -0.05) is 12.1 Å². The van der Waals surface area contributed by atoms with Crippen molar-refractivity contribution in [3.8, 4) is 17.2 Å². The molecule has 3 heterocycles. The highest BCUT2D eigenvalue weighted by Crippen LogP contribution is 2.28. The lowest BCUT2D eigenvalue weighted by Gasteiger charge is -2.32. The Morgan fingerprint density at radius 3 is 2.68 bits per heavy atom. The summed E-state index contributed by atoms with van der Waals surface area (Å²) in [6, 6.07) is 12.0. The van der Waals surface area contributed by atoms with Gasteiger partial charge in [-0.25, -0.2) is 4.98 Å². The Morgan fingerprint density at radius 2 is 1.93 bits per heavy atom. The normalized spacial score (nSPS) is 15.0. The fourth-order valence-electron chi connectivity index (χ4n) is 3.48. The van der Waals surface area contributed by atoms with E-state index >= 15 is 0 Å². The molecule has 8 heteroatoms. The highest BCUT2D eigenvalue weighted by molar-refractivity contribution is 7.71. The van der Waals surface area contributed by atoms with E-state index in [0.29, 0.717) is 24.0 Å². The van der Waals surface area contributed by atoms with Crippen molar-refractivity contribution in [1.82, 2.24) is 9.78 Å².